The van der Waals surface area contributed by atoms with Gasteiger partial charge in [-0.1, -0.05) is 6.92 Å². The lowest BCUT2D eigenvalue weighted by atomic mass is 10.1. The molecular formula is C12H17NS. The highest BCUT2D eigenvalue weighted by atomic mass is 32.1. The first kappa shape index (κ1) is 11.3. The minimum absolute atomic E-state index is 0.175. The summed E-state index contributed by atoms with van der Waals surface area (Å²) in [6.45, 7) is 2.17. The molecule has 0 fully saturated rings. The Labute approximate surface area is 90.3 Å². The van der Waals surface area contributed by atoms with Gasteiger partial charge in [0.1, 0.15) is 0 Å². The summed E-state index contributed by atoms with van der Waals surface area (Å²) < 4.78 is 0. The standard InChI is InChI=1S/C12H17NS/c1-3-5-6-7-11(13)12-9-8-10(4-2)14-12/h1,8-9,11H,4-7,13H2,2H3. The van der Waals surface area contributed by atoms with Crippen molar-refractivity contribution in [2.45, 2.75) is 38.6 Å². The van der Waals surface area contributed by atoms with Gasteiger partial charge in [0, 0.05) is 22.2 Å². The number of hydrogen-bond donors (Lipinski definition) is 1. The van der Waals surface area contributed by atoms with Crippen molar-refractivity contribution in [2.24, 2.45) is 5.73 Å². The molecule has 1 heterocycles. The van der Waals surface area contributed by atoms with Crippen LogP contribution in [0.15, 0.2) is 12.1 Å². The van der Waals surface area contributed by atoms with Crippen molar-refractivity contribution >= 4 is 11.3 Å². The van der Waals surface area contributed by atoms with Gasteiger partial charge in [0.25, 0.3) is 0 Å². The third kappa shape index (κ3) is 3.17. The lowest BCUT2D eigenvalue weighted by molar-refractivity contribution is 0.630. The van der Waals surface area contributed by atoms with Crippen molar-refractivity contribution in [1.29, 1.82) is 0 Å². The normalized spacial score (nSPS) is 12.4. The Hall–Kier alpha value is -0.780. The van der Waals surface area contributed by atoms with E-state index in [0.717, 1.165) is 25.7 Å². The molecule has 0 radical (unpaired) electrons. The molecule has 2 heteroatoms. The van der Waals surface area contributed by atoms with Crippen LogP contribution < -0.4 is 5.73 Å². The number of unbranched alkanes of at least 4 members (excludes halogenated alkanes) is 1. The summed E-state index contributed by atoms with van der Waals surface area (Å²) in [6.07, 6.45) is 9.14. The van der Waals surface area contributed by atoms with Crippen LogP contribution in [0.3, 0.4) is 0 Å². The van der Waals surface area contributed by atoms with Crippen LogP contribution in [-0.2, 0) is 6.42 Å². The van der Waals surface area contributed by atoms with Gasteiger partial charge < -0.3 is 5.73 Å². The maximum Gasteiger partial charge on any atom is 0.0390 e. The first-order valence-corrected chi connectivity index (χ1v) is 5.87. The molecule has 0 aliphatic heterocycles. The van der Waals surface area contributed by atoms with Crippen LogP contribution in [0.1, 0.15) is 42.0 Å². The molecule has 0 amide bonds. The second-order valence-electron chi connectivity index (χ2n) is 3.36. The van der Waals surface area contributed by atoms with Crippen molar-refractivity contribution < 1.29 is 0 Å². The topological polar surface area (TPSA) is 26.0 Å². The number of thiophene rings is 1. The van der Waals surface area contributed by atoms with E-state index >= 15 is 0 Å². The molecule has 0 saturated heterocycles. The van der Waals surface area contributed by atoms with Gasteiger partial charge in [-0.05, 0) is 31.4 Å². The maximum atomic E-state index is 6.05. The second kappa shape index (κ2) is 5.85. The van der Waals surface area contributed by atoms with E-state index in [1.807, 2.05) is 11.3 Å². The Morgan fingerprint density at radius 3 is 2.93 bits per heavy atom. The highest BCUT2D eigenvalue weighted by Gasteiger charge is 2.07. The van der Waals surface area contributed by atoms with Crippen LogP contribution in [0.4, 0.5) is 0 Å². The summed E-state index contributed by atoms with van der Waals surface area (Å²) >= 11 is 1.82. The summed E-state index contributed by atoms with van der Waals surface area (Å²) in [5, 5.41) is 0. The largest absolute Gasteiger partial charge is 0.323 e. The third-order valence-electron chi connectivity index (χ3n) is 2.23. The predicted molar refractivity (Wildman–Crippen MR) is 63.3 cm³/mol. The maximum absolute atomic E-state index is 6.05. The molecule has 14 heavy (non-hydrogen) atoms. The fraction of sp³-hybridized carbons (Fsp3) is 0.500. The zero-order chi connectivity index (χ0) is 10.4. The molecule has 0 aromatic carbocycles. The lowest BCUT2D eigenvalue weighted by Crippen LogP contribution is -2.07. The molecule has 1 atom stereocenters. The molecule has 0 aliphatic carbocycles. The molecule has 1 aromatic rings. The van der Waals surface area contributed by atoms with E-state index in [4.69, 9.17) is 12.2 Å². The molecule has 1 unspecified atom stereocenters. The summed E-state index contributed by atoms with van der Waals surface area (Å²) in [5.41, 5.74) is 6.05. The summed E-state index contributed by atoms with van der Waals surface area (Å²) in [7, 11) is 0. The van der Waals surface area contributed by atoms with Gasteiger partial charge in [0.05, 0.1) is 0 Å². The zero-order valence-electron chi connectivity index (χ0n) is 8.62. The van der Waals surface area contributed by atoms with E-state index in [9.17, 15) is 0 Å². The fourth-order valence-electron chi connectivity index (χ4n) is 1.35. The first-order valence-electron chi connectivity index (χ1n) is 5.05. The third-order valence-corrected chi connectivity index (χ3v) is 3.59. The Kier molecular flexibility index (Phi) is 4.72. The van der Waals surface area contributed by atoms with Crippen molar-refractivity contribution in [1.82, 2.24) is 0 Å². The predicted octanol–water partition coefficient (Wildman–Crippen LogP) is 3.11. The molecule has 0 bridgehead atoms. The smallest absolute Gasteiger partial charge is 0.0390 e. The van der Waals surface area contributed by atoms with Crippen LogP contribution in [-0.4, -0.2) is 0 Å². The average molecular weight is 207 g/mol. The van der Waals surface area contributed by atoms with E-state index in [-0.39, 0.29) is 6.04 Å². The van der Waals surface area contributed by atoms with E-state index in [2.05, 4.69) is 25.0 Å². The molecule has 1 nitrogen and oxygen atoms in total. The van der Waals surface area contributed by atoms with Crippen molar-refractivity contribution in [2.75, 3.05) is 0 Å². The van der Waals surface area contributed by atoms with Gasteiger partial charge in [-0.25, -0.2) is 0 Å². The molecule has 0 saturated carbocycles. The minimum Gasteiger partial charge on any atom is -0.323 e. The van der Waals surface area contributed by atoms with Gasteiger partial charge in [0.15, 0.2) is 0 Å². The number of hydrogen-bond acceptors (Lipinski definition) is 2. The SMILES string of the molecule is C#CCCCC(N)c1ccc(CC)s1. The first-order chi connectivity index (χ1) is 6.77. The van der Waals surface area contributed by atoms with Crippen molar-refractivity contribution in [3.8, 4) is 12.3 Å². The quantitative estimate of drug-likeness (QED) is 0.582. The Bertz CT molecular complexity index is 308. The van der Waals surface area contributed by atoms with Crippen LogP contribution >= 0.6 is 11.3 Å². The Morgan fingerprint density at radius 2 is 2.36 bits per heavy atom. The monoisotopic (exact) mass is 207 g/mol. The van der Waals surface area contributed by atoms with Crippen molar-refractivity contribution in [3.05, 3.63) is 21.9 Å². The second-order valence-corrected chi connectivity index (χ2v) is 4.56. The number of aryl methyl sites for hydroxylation is 1. The lowest BCUT2D eigenvalue weighted by Gasteiger charge is -2.07. The van der Waals surface area contributed by atoms with E-state index < -0.39 is 0 Å². The minimum atomic E-state index is 0.175. The zero-order valence-corrected chi connectivity index (χ0v) is 9.44. The molecule has 1 aromatic heterocycles. The van der Waals surface area contributed by atoms with Crippen LogP contribution in [0.25, 0.3) is 0 Å². The molecule has 76 valence electrons. The van der Waals surface area contributed by atoms with E-state index in [0.29, 0.717) is 0 Å². The highest BCUT2D eigenvalue weighted by Crippen LogP contribution is 2.25. The molecule has 2 N–H and O–H groups in total. The van der Waals surface area contributed by atoms with Gasteiger partial charge >= 0.3 is 0 Å². The number of terminal acetylenes is 1. The fourth-order valence-corrected chi connectivity index (χ4v) is 2.34. The molecule has 1 rings (SSSR count). The van der Waals surface area contributed by atoms with Gasteiger partial charge in [-0.15, -0.1) is 23.7 Å². The summed E-state index contributed by atoms with van der Waals surface area (Å²) in [6, 6.07) is 4.49. The van der Waals surface area contributed by atoms with Crippen molar-refractivity contribution in [3.63, 3.8) is 0 Å². The highest BCUT2D eigenvalue weighted by molar-refractivity contribution is 7.12. The number of nitrogens with two attached hydrogens (primary N) is 1. The molecular weight excluding hydrogens is 190 g/mol. The number of rotatable bonds is 5. The Morgan fingerprint density at radius 1 is 1.57 bits per heavy atom. The molecule has 0 spiro atoms. The molecule has 0 aliphatic rings. The van der Waals surface area contributed by atoms with Gasteiger partial charge in [-0.2, -0.15) is 0 Å². The summed E-state index contributed by atoms with van der Waals surface area (Å²) in [4.78, 5) is 2.70. The van der Waals surface area contributed by atoms with Crippen LogP contribution in [0, 0.1) is 12.3 Å². The van der Waals surface area contributed by atoms with Crippen LogP contribution in [0.2, 0.25) is 0 Å². The van der Waals surface area contributed by atoms with E-state index in [1.165, 1.54) is 9.75 Å². The van der Waals surface area contributed by atoms with Gasteiger partial charge in [0.2, 0.25) is 0 Å². The average Bonchev–Trinajstić information content (AvgIpc) is 2.66. The van der Waals surface area contributed by atoms with Gasteiger partial charge in [-0.3, -0.25) is 0 Å². The summed E-state index contributed by atoms with van der Waals surface area (Å²) in [5.74, 6) is 2.64. The van der Waals surface area contributed by atoms with Crippen LogP contribution in [0.5, 0.6) is 0 Å². The van der Waals surface area contributed by atoms with E-state index in [1.54, 1.807) is 0 Å². The Balaban J connectivity index is 2.44.